The number of hydrogen-bond acceptors (Lipinski definition) is 2. The van der Waals surface area contributed by atoms with E-state index in [1.165, 1.54) is 43.4 Å². The van der Waals surface area contributed by atoms with Crippen molar-refractivity contribution in [1.82, 2.24) is 4.98 Å². The van der Waals surface area contributed by atoms with E-state index >= 15 is 4.39 Å². The summed E-state index contributed by atoms with van der Waals surface area (Å²) in [5.41, 5.74) is 4.08. The molecule has 0 radical (unpaired) electrons. The van der Waals surface area contributed by atoms with Crippen LogP contribution < -0.4 is 4.74 Å². The van der Waals surface area contributed by atoms with E-state index in [1.807, 2.05) is 30.5 Å². The van der Waals surface area contributed by atoms with Crippen molar-refractivity contribution in [3.05, 3.63) is 95.2 Å². The quantitative estimate of drug-likeness (QED) is 0.153. The number of fused-ring (bicyclic) bond motifs is 1. The molecule has 0 N–H and O–H groups in total. The number of benzene rings is 3. The normalized spacial score (nSPS) is 11.4. The Morgan fingerprint density at radius 2 is 1.64 bits per heavy atom. The highest BCUT2D eigenvalue weighted by molar-refractivity contribution is 5.88. The molecule has 1 aromatic heterocycles. The Morgan fingerprint density at radius 1 is 0.806 bits per heavy atom. The Balaban J connectivity index is 1.44. The number of ether oxygens (including phenoxy) is 1. The van der Waals surface area contributed by atoms with Gasteiger partial charge in [-0.2, -0.15) is 8.78 Å². The van der Waals surface area contributed by atoms with Gasteiger partial charge >= 0.3 is 6.61 Å². The summed E-state index contributed by atoms with van der Waals surface area (Å²) in [6, 6.07) is 17.1. The molecule has 1 heterocycles. The Bertz CT molecular complexity index is 1300. The second-order valence-corrected chi connectivity index (χ2v) is 8.98. The number of pyridine rings is 1. The van der Waals surface area contributed by atoms with Gasteiger partial charge in [-0.15, -0.1) is 0 Å². The van der Waals surface area contributed by atoms with E-state index in [0.29, 0.717) is 29.4 Å². The Kier molecular flexibility index (Phi) is 8.57. The third-order valence-electron chi connectivity index (χ3n) is 6.37. The van der Waals surface area contributed by atoms with Crippen LogP contribution in [0.4, 0.5) is 17.6 Å². The lowest BCUT2D eigenvalue weighted by atomic mass is 9.98. The first-order valence-corrected chi connectivity index (χ1v) is 12.3. The minimum Gasteiger partial charge on any atom is -0.432 e. The van der Waals surface area contributed by atoms with Crippen molar-refractivity contribution in [1.29, 1.82) is 0 Å². The summed E-state index contributed by atoms with van der Waals surface area (Å²) >= 11 is 0. The highest BCUT2D eigenvalue weighted by Gasteiger charge is 2.12. The lowest BCUT2D eigenvalue weighted by molar-refractivity contribution is -0.0522. The van der Waals surface area contributed by atoms with Crippen molar-refractivity contribution >= 4 is 10.8 Å². The molecule has 188 valence electrons. The summed E-state index contributed by atoms with van der Waals surface area (Å²) in [5.74, 6) is -1.68. The van der Waals surface area contributed by atoms with Crippen LogP contribution in [-0.4, -0.2) is 11.6 Å². The summed E-state index contributed by atoms with van der Waals surface area (Å²) in [5, 5.41) is 1.29. The van der Waals surface area contributed by atoms with Gasteiger partial charge in [-0.05, 0) is 72.0 Å². The van der Waals surface area contributed by atoms with Gasteiger partial charge in [0.15, 0.2) is 11.6 Å². The van der Waals surface area contributed by atoms with Crippen LogP contribution in [0.25, 0.3) is 22.0 Å². The molecule has 4 rings (SSSR count). The number of aromatic nitrogens is 1. The van der Waals surface area contributed by atoms with Crippen molar-refractivity contribution in [2.24, 2.45) is 0 Å². The fourth-order valence-corrected chi connectivity index (χ4v) is 4.36. The van der Waals surface area contributed by atoms with E-state index in [-0.39, 0.29) is 5.82 Å². The highest BCUT2D eigenvalue weighted by Crippen LogP contribution is 2.28. The Labute approximate surface area is 209 Å². The van der Waals surface area contributed by atoms with Gasteiger partial charge in [0.1, 0.15) is 5.82 Å². The zero-order chi connectivity index (χ0) is 25.5. The molecule has 4 aromatic rings. The molecule has 36 heavy (non-hydrogen) atoms. The van der Waals surface area contributed by atoms with Crippen LogP contribution in [0.1, 0.15) is 49.3 Å². The van der Waals surface area contributed by atoms with Crippen LogP contribution in [0, 0.1) is 11.6 Å². The lowest BCUT2D eigenvalue weighted by Crippen LogP contribution is -2.04. The molecule has 0 saturated heterocycles. The van der Waals surface area contributed by atoms with E-state index in [9.17, 15) is 13.2 Å². The van der Waals surface area contributed by atoms with Crippen molar-refractivity contribution in [3.8, 4) is 17.0 Å². The minimum atomic E-state index is -3.09. The highest BCUT2D eigenvalue weighted by atomic mass is 19.3. The summed E-state index contributed by atoms with van der Waals surface area (Å²) in [6.45, 7) is -0.888. The third kappa shape index (κ3) is 6.42. The number of hydrogen-bond donors (Lipinski definition) is 0. The molecule has 2 nitrogen and oxygen atoms in total. The molecule has 0 unspecified atom stereocenters. The van der Waals surface area contributed by atoms with Crippen molar-refractivity contribution in [2.75, 3.05) is 0 Å². The molecule has 0 amide bonds. The summed E-state index contributed by atoms with van der Waals surface area (Å²) in [4.78, 5) is 4.61. The van der Waals surface area contributed by atoms with Crippen LogP contribution in [0.15, 0.2) is 66.9 Å². The van der Waals surface area contributed by atoms with Gasteiger partial charge < -0.3 is 4.74 Å². The predicted molar refractivity (Wildman–Crippen MR) is 135 cm³/mol. The maximum absolute atomic E-state index is 15.2. The van der Waals surface area contributed by atoms with E-state index < -0.39 is 18.2 Å². The molecule has 3 aromatic carbocycles. The zero-order valence-electron chi connectivity index (χ0n) is 20.2. The number of aryl methyl sites for hydroxylation is 3. The van der Waals surface area contributed by atoms with Gasteiger partial charge in [0.05, 0.1) is 5.69 Å². The Hall–Kier alpha value is -3.41. The molecule has 0 bridgehead atoms. The maximum Gasteiger partial charge on any atom is 0.387 e. The average Bonchev–Trinajstić information content (AvgIpc) is 2.88. The van der Waals surface area contributed by atoms with Crippen molar-refractivity contribution in [3.63, 3.8) is 0 Å². The number of alkyl halides is 2. The number of nitrogens with zero attached hydrogens (tertiary/aromatic N) is 1. The molecule has 0 fully saturated rings. The second kappa shape index (κ2) is 12.0. The first kappa shape index (κ1) is 25.7. The van der Waals surface area contributed by atoms with Crippen LogP contribution in [-0.2, 0) is 19.3 Å². The molecule has 0 spiro atoms. The number of halogens is 4. The van der Waals surface area contributed by atoms with Crippen LogP contribution in [0.5, 0.6) is 5.75 Å². The number of unbranched alkanes of at least 4 members (excludes halogenated alkanes) is 3. The maximum atomic E-state index is 15.2. The second-order valence-electron chi connectivity index (χ2n) is 8.98. The van der Waals surface area contributed by atoms with Gasteiger partial charge in [-0.25, -0.2) is 8.78 Å². The van der Waals surface area contributed by atoms with Gasteiger partial charge in [0, 0.05) is 17.1 Å². The topological polar surface area (TPSA) is 22.1 Å². The largest absolute Gasteiger partial charge is 0.432 e. The van der Waals surface area contributed by atoms with Crippen LogP contribution >= 0.6 is 0 Å². The molecular weight excluding hydrogens is 466 g/mol. The smallest absolute Gasteiger partial charge is 0.387 e. The first-order valence-electron chi connectivity index (χ1n) is 12.3. The molecule has 0 aliphatic heterocycles. The van der Waals surface area contributed by atoms with Crippen LogP contribution in [0.3, 0.4) is 0 Å². The standard InChI is InChI=1S/C30H29F4NO/c1-2-3-4-5-6-21-8-15-27(35-19-21)24-13-14-25-23(18-24)12-11-22(29(25)32)10-7-20-9-16-28(26(31)17-20)36-30(33)34/h8-9,11-19,30H,2-7,10H2,1H3. The monoisotopic (exact) mass is 495 g/mol. The minimum absolute atomic E-state index is 0.312. The van der Waals surface area contributed by atoms with Crippen molar-refractivity contribution < 1.29 is 22.3 Å². The lowest BCUT2D eigenvalue weighted by Gasteiger charge is -2.10. The fourth-order valence-electron chi connectivity index (χ4n) is 4.36. The molecular formula is C30H29F4NO. The molecule has 0 atom stereocenters. The summed E-state index contributed by atoms with van der Waals surface area (Å²) in [7, 11) is 0. The predicted octanol–water partition coefficient (Wildman–Crippen LogP) is 8.69. The summed E-state index contributed by atoms with van der Waals surface area (Å²) in [6.07, 6.45) is 8.53. The van der Waals surface area contributed by atoms with E-state index in [4.69, 9.17) is 0 Å². The number of rotatable bonds is 11. The van der Waals surface area contributed by atoms with Gasteiger partial charge in [0.25, 0.3) is 0 Å². The van der Waals surface area contributed by atoms with E-state index in [0.717, 1.165) is 29.1 Å². The fraction of sp³-hybridized carbons (Fsp3) is 0.300. The summed E-state index contributed by atoms with van der Waals surface area (Å²) < 4.78 is 57.9. The third-order valence-corrected chi connectivity index (χ3v) is 6.37. The van der Waals surface area contributed by atoms with Gasteiger partial charge in [-0.1, -0.05) is 62.6 Å². The SMILES string of the molecule is CCCCCCc1ccc(-c2ccc3c(F)c(CCc4ccc(OC(F)F)c(F)c4)ccc3c2)nc1. The molecule has 6 heteroatoms. The van der Waals surface area contributed by atoms with Crippen LogP contribution in [0.2, 0.25) is 0 Å². The van der Waals surface area contributed by atoms with E-state index in [2.05, 4.69) is 22.7 Å². The van der Waals surface area contributed by atoms with Crippen molar-refractivity contribution in [2.45, 2.75) is 58.5 Å². The first-order chi connectivity index (χ1) is 17.4. The van der Waals surface area contributed by atoms with Gasteiger partial charge in [-0.3, -0.25) is 4.98 Å². The van der Waals surface area contributed by atoms with Gasteiger partial charge in [0.2, 0.25) is 0 Å². The Morgan fingerprint density at radius 3 is 2.36 bits per heavy atom. The average molecular weight is 496 g/mol. The molecule has 0 aliphatic rings. The molecule has 0 aliphatic carbocycles. The molecule has 0 saturated carbocycles. The zero-order valence-corrected chi connectivity index (χ0v) is 20.2. The van der Waals surface area contributed by atoms with E-state index in [1.54, 1.807) is 12.1 Å².